The monoisotopic (exact) mass is 305 g/mol. The van der Waals surface area contributed by atoms with Gasteiger partial charge in [0.15, 0.2) is 0 Å². The second-order valence-corrected chi connectivity index (χ2v) is 5.23. The van der Waals surface area contributed by atoms with Gasteiger partial charge >= 0.3 is 12.0 Å². The van der Waals surface area contributed by atoms with E-state index in [0.717, 1.165) is 5.56 Å². The number of aromatic nitrogens is 1. The Morgan fingerprint density at radius 2 is 2.24 bits per heavy atom. The minimum absolute atomic E-state index is 0.0884. The van der Waals surface area contributed by atoms with Gasteiger partial charge in [0.05, 0.1) is 23.8 Å². The van der Waals surface area contributed by atoms with Crippen LogP contribution in [0.15, 0.2) is 35.2 Å². The molecule has 7 heteroatoms. The Balaban J connectivity index is 1.86. The fourth-order valence-electron chi connectivity index (χ4n) is 1.73. The molecule has 0 saturated carbocycles. The summed E-state index contributed by atoms with van der Waals surface area (Å²) < 4.78 is 0. The van der Waals surface area contributed by atoms with Gasteiger partial charge in [-0.1, -0.05) is 0 Å². The molecule has 0 radical (unpaired) electrons. The van der Waals surface area contributed by atoms with E-state index in [-0.39, 0.29) is 24.2 Å². The summed E-state index contributed by atoms with van der Waals surface area (Å²) in [6.45, 7) is 2.06. The van der Waals surface area contributed by atoms with Gasteiger partial charge in [0.2, 0.25) is 0 Å². The number of aromatic carboxylic acids is 1. The van der Waals surface area contributed by atoms with E-state index in [1.807, 2.05) is 23.8 Å². The molecule has 2 aromatic heterocycles. The Labute approximate surface area is 125 Å². The average molecular weight is 305 g/mol. The van der Waals surface area contributed by atoms with Gasteiger partial charge in [0, 0.05) is 6.20 Å². The molecule has 21 heavy (non-hydrogen) atoms. The minimum atomic E-state index is -1.02. The van der Waals surface area contributed by atoms with Gasteiger partial charge in [-0.2, -0.15) is 11.3 Å². The van der Waals surface area contributed by atoms with Crippen molar-refractivity contribution in [1.29, 1.82) is 0 Å². The Hall–Kier alpha value is -2.41. The van der Waals surface area contributed by atoms with Crippen molar-refractivity contribution in [1.82, 2.24) is 15.6 Å². The topological polar surface area (TPSA) is 91.3 Å². The predicted octanol–water partition coefficient (Wildman–Crippen LogP) is 2.40. The fourth-order valence-corrected chi connectivity index (χ4v) is 2.49. The number of amides is 2. The molecule has 0 aliphatic carbocycles. The van der Waals surface area contributed by atoms with Crippen LogP contribution in [0.4, 0.5) is 4.79 Å². The molecule has 0 bridgehead atoms. The predicted molar refractivity (Wildman–Crippen MR) is 79.3 cm³/mol. The van der Waals surface area contributed by atoms with E-state index in [4.69, 9.17) is 5.11 Å². The number of urea groups is 1. The van der Waals surface area contributed by atoms with Gasteiger partial charge in [-0.05, 0) is 41.4 Å². The third kappa shape index (κ3) is 4.28. The van der Waals surface area contributed by atoms with Gasteiger partial charge in [-0.3, -0.25) is 4.98 Å². The smallest absolute Gasteiger partial charge is 0.335 e. The van der Waals surface area contributed by atoms with E-state index in [1.54, 1.807) is 11.3 Å². The number of carbonyl (C=O) groups excluding carboxylic acids is 1. The molecule has 2 heterocycles. The number of hydrogen-bond donors (Lipinski definition) is 3. The van der Waals surface area contributed by atoms with Crippen molar-refractivity contribution in [2.24, 2.45) is 0 Å². The molecule has 0 saturated heterocycles. The lowest BCUT2D eigenvalue weighted by Crippen LogP contribution is -2.36. The van der Waals surface area contributed by atoms with Crippen molar-refractivity contribution in [3.8, 4) is 0 Å². The number of carboxylic acid groups (broad SMARTS) is 1. The maximum Gasteiger partial charge on any atom is 0.335 e. The molecule has 3 N–H and O–H groups in total. The first-order valence-corrected chi connectivity index (χ1v) is 7.25. The number of pyridine rings is 1. The van der Waals surface area contributed by atoms with E-state index >= 15 is 0 Å². The average Bonchev–Trinajstić information content (AvgIpc) is 2.99. The van der Waals surface area contributed by atoms with Crippen LogP contribution in [0.5, 0.6) is 0 Å². The molecule has 0 aliphatic heterocycles. The van der Waals surface area contributed by atoms with Crippen LogP contribution in [-0.4, -0.2) is 22.1 Å². The van der Waals surface area contributed by atoms with Crippen molar-refractivity contribution < 1.29 is 14.7 Å². The van der Waals surface area contributed by atoms with Gasteiger partial charge in [-0.15, -0.1) is 0 Å². The summed E-state index contributed by atoms with van der Waals surface area (Å²) in [6.07, 6.45) is 1.41. The Kier molecular flexibility index (Phi) is 4.89. The zero-order chi connectivity index (χ0) is 15.2. The number of rotatable bonds is 5. The first kappa shape index (κ1) is 15.0. The van der Waals surface area contributed by atoms with Crippen LogP contribution in [0.25, 0.3) is 0 Å². The van der Waals surface area contributed by atoms with Crippen molar-refractivity contribution in [3.05, 3.63) is 52.0 Å². The maximum atomic E-state index is 11.8. The molecule has 110 valence electrons. The van der Waals surface area contributed by atoms with Gasteiger partial charge in [-0.25, -0.2) is 9.59 Å². The van der Waals surface area contributed by atoms with Crippen LogP contribution in [0.3, 0.4) is 0 Å². The molecule has 0 spiro atoms. The molecule has 2 aromatic rings. The van der Waals surface area contributed by atoms with Crippen LogP contribution < -0.4 is 10.6 Å². The van der Waals surface area contributed by atoms with Crippen LogP contribution >= 0.6 is 11.3 Å². The highest BCUT2D eigenvalue weighted by molar-refractivity contribution is 7.07. The molecule has 6 nitrogen and oxygen atoms in total. The van der Waals surface area contributed by atoms with Gasteiger partial charge < -0.3 is 15.7 Å². The van der Waals surface area contributed by atoms with E-state index in [0.29, 0.717) is 5.69 Å². The third-order valence-corrected chi connectivity index (χ3v) is 3.59. The number of carbonyl (C=O) groups is 2. The Morgan fingerprint density at radius 3 is 2.90 bits per heavy atom. The lowest BCUT2D eigenvalue weighted by Gasteiger charge is -2.13. The molecule has 0 aliphatic rings. The Morgan fingerprint density at radius 1 is 1.43 bits per heavy atom. The van der Waals surface area contributed by atoms with Gasteiger partial charge in [0.1, 0.15) is 0 Å². The number of nitrogens with zero attached hydrogens (tertiary/aromatic N) is 1. The summed E-state index contributed by atoms with van der Waals surface area (Å²) in [5.74, 6) is -1.02. The van der Waals surface area contributed by atoms with E-state index in [9.17, 15) is 9.59 Å². The van der Waals surface area contributed by atoms with Crippen molar-refractivity contribution >= 4 is 23.3 Å². The first-order chi connectivity index (χ1) is 10.1. The SMILES string of the molecule is CC(NC(=O)NCc1cc(C(=O)O)ccn1)c1ccsc1. The highest BCUT2D eigenvalue weighted by Gasteiger charge is 2.10. The zero-order valence-electron chi connectivity index (χ0n) is 11.4. The summed E-state index contributed by atoms with van der Waals surface area (Å²) in [5.41, 5.74) is 1.68. The third-order valence-electron chi connectivity index (χ3n) is 2.88. The minimum Gasteiger partial charge on any atom is -0.478 e. The van der Waals surface area contributed by atoms with Crippen LogP contribution in [-0.2, 0) is 6.54 Å². The lowest BCUT2D eigenvalue weighted by molar-refractivity contribution is 0.0696. The van der Waals surface area contributed by atoms with E-state index in [2.05, 4.69) is 15.6 Å². The second-order valence-electron chi connectivity index (χ2n) is 4.45. The first-order valence-electron chi connectivity index (χ1n) is 6.31. The van der Waals surface area contributed by atoms with Crippen molar-refractivity contribution in [3.63, 3.8) is 0 Å². The maximum absolute atomic E-state index is 11.8. The molecule has 1 atom stereocenters. The second kappa shape index (κ2) is 6.85. The molecule has 1 unspecified atom stereocenters. The van der Waals surface area contributed by atoms with E-state index in [1.165, 1.54) is 18.3 Å². The fraction of sp³-hybridized carbons (Fsp3) is 0.214. The summed E-state index contributed by atoms with van der Waals surface area (Å²) in [6, 6.07) is 4.38. The Bertz CT molecular complexity index is 628. The van der Waals surface area contributed by atoms with Crippen LogP contribution in [0.1, 0.15) is 34.6 Å². The zero-order valence-corrected chi connectivity index (χ0v) is 12.2. The highest BCUT2D eigenvalue weighted by atomic mass is 32.1. The molecule has 0 aromatic carbocycles. The van der Waals surface area contributed by atoms with Crippen molar-refractivity contribution in [2.45, 2.75) is 19.5 Å². The molecule has 0 fully saturated rings. The number of carboxylic acids is 1. The summed E-state index contributed by atoms with van der Waals surface area (Å²) in [4.78, 5) is 26.6. The normalized spacial score (nSPS) is 11.7. The van der Waals surface area contributed by atoms with E-state index < -0.39 is 5.97 Å². The van der Waals surface area contributed by atoms with Crippen LogP contribution in [0, 0.1) is 0 Å². The molecule has 2 rings (SSSR count). The lowest BCUT2D eigenvalue weighted by atomic mass is 10.2. The van der Waals surface area contributed by atoms with Gasteiger partial charge in [0.25, 0.3) is 0 Å². The largest absolute Gasteiger partial charge is 0.478 e. The van der Waals surface area contributed by atoms with Crippen molar-refractivity contribution in [2.75, 3.05) is 0 Å². The standard InChI is InChI=1S/C14H15N3O3S/c1-9(11-3-5-21-8-11)17-14(20)16-7-12-6-10(13(18)19)2-4-15-12/h2-6,8-9H,7H2,1H3,(H,18,19)(H2,16,17,20). The number of thiophene rings is 1. The number of hydrogen-bond acceptors (Lipinski definition) is 4. The summed E-state index contributed by atoms with van der Waals surface area (Å²) in [7, 11) is 0. The summed E-state index contributed by atoms with van der Waals surface area (Å²) >= 11 is 1.57. The molecular weight excluding hydrogens is 290 g/mol. The quantitative estimate of drug-likeness (QED) is 0.791. The number of nitrogens with one attached hydrogen (secondary N) is 2. The summed E-state index contributed by atoms with van der Waals surface area (Å²) in [5, 5.41) is 18.3. The highest BCUT2D eigenvalue weighted by Crippen LogP contribution is 2.15. The van der Waals surface area contributed by atoms with Crippen LogP contribution in [0.2, 0.25) is 0 Å². The molecular formula is C14H15N3O3S. The molecule has 2 amide bonds.